The maximum absolute atomic E-state index is 12.4. The van der Waals surface area contributed by atoms with Crippen LogP contribution >= 0.6 is 11.6 Å². The minimum Gasteiger partial charge on any atom is -0.490 e. The lowest BCUT2D eigenvalue weighted by Gasteiger charge is -2.11. The van der Waals surface area contributed by atoms with Crippen molar-refractivity contribution in [1.29, 1.82) is 0 Å². The second-order valence-electron chi connectivity index (χ2n) is 7.84. The highest BCUT2D eigenvalue weighted by Crippen LogP contribution is 2.29. The summed E-state index contributed by atoms with van der Waals surface area (Å²) in [6.45, 7) is 6.25. The first kappa shape index (κ1) is 25.8. The van der Waals surface area contributed by atoms with Crippen molar-refractivity contribution in [2.24, 2.45) is 5.10 Å². The first-order chi connectivity index (χ1) is 16.9. The molecule has 0 radical (unpaired) electrons. The van der Waals surface area contributed by atoms with Crippen molar-refractivity contribution >= 4 is 29.7 Å². The molecule has 0 aromatic heterocycles. The lowest BCUT2D eigenvalue weighted by molar-refractivity contribution is -0.123. The first-order valence-electron chi connectivity index (χ1n) is 11.1. The van der Waals surface area contributed by atoms with Gasteiger partial charge in [-0.05, 0) is 78.6 Å². The van der Waals surface area contributed by atoms with Gasteiger partial charge >= 0.3 is 5.97 Å². The summed E-state index contributed by atoms with van der Waals surface area (Å²) in [6.07, 6.45) is 1.46. The zero-order valence-electron chi connectivity index (χ0n) is 19.8. The molecule has 0 spiro atoms. The van der Waals surface area contributed by atoms with Crippen LogP contribution in [0.4, 0.5) is 0 Å². The van der Waals surface area contributed by atoms with E-state index < -0.39 is 11.9 Å². The third kappa shape index (κ3) is 7.86. The van der Waals surface area contributed by atoms with Crippen molar-refractivity contribution in [2.75, 3.05) is 13.2 Å². The van der Waals surface area contributed by atoms with Gasteiger partial charge in [0, 0.05) is 5.02 Å². The highest BCUT2D eigenvalue weighted by atomic mass is 35.5. The number of esters is 1. The van der Waals surface area contributed by atoms with Crippen LogP contribution in [0.5, 0.6) is 17.2 Å². The Morgan fingerprint density at radius 1 is 0.971 bits per heavy atom. The van der Waals surface area contributed by atoms with E-state index in [4.69, 9.17) is 25.8 Å². The zero-order chi connectivity index (χ0) is 25.2. The Balaban J connectivity index is 1.56. The number of hydrogen-bond acceptors (Lipinski definition) is 6. The van der Waals surface area contributed by atoms with Gasteiger partial charge in [0.15, 0.2) is 18.1 Å². The van der Waals surface area contributed by atoms with E-state index >= 15 is 0 Å². The number of hydrogen-bond donors (Lipinski definition) is 1. The number of nitrogens with zero attached hydrogens (tertiary/aromatic N) is 1. The van der Waals surface area contributed by atoms with Crippen molar-refractivity contribution in [3.05, 3.63) is 88.4 Å². The summed E-state index contributed by atoms with van der Waals surface area (Å²) in [6, 6.07) is 19.0. The number of ether oxygens (including phenoxy) is 3. The molecular weight excluding hydrogens is 468 g/mol. The molecule has 0 bridgehead atoms. The van der Waals surface area contributed by atoms with E-state index in [0.29, 0.717) is 40.2 Å². The number of hydrazone groups is 1. The standard InChI is InChI=1S/C27H27ClN2O5/c1-4-33-25-15-19(5-14-24(25)35-27(32)21-6-10-22(28)11-7-21)16-29-30-26(31)17-34-23-12-8-20(9-13-23)18(2)3/h5-16,18H,4,17H2,1-3H3,(H,30,31)/b29-16+. The minimum atomic E-state index is -0.532. The van der Waals surface area contributed by atoms with E-state index in [1.165, 1.54) is 11.8 Å². The van der Waals surface area contributed by atoms with Gasteiger partial charge in [-0.15, -0.1) is 0 Å². The molecule has 7 nitrogen and oxygen atoms in total. The third-order valence-electron chi connectivity index (χ3n) is 4.87. The van der Waals surface area contributed by atoms with E-state index in [1.54, 1.807) is 42.5 Å². The van der Waals surface area contributed by atoms with Gasteiger partial charge in [-0.2, -0.15) is 5.10 Å². The van der Waals surface area contributed by atoms with E-state index in [0.717, 1.165) is 0 Å². The Kier molecular flexibility index (Phi) is 9.26. The normalized spacial score (nSPS) is 10.9. The topological polar surface area (TPSA) is 86.2 Å². The predicted molar refractivity (Wildman–Crippen MR) is 136 cm³/mol. The summed E-state index contributed by atoms with van der Waals surface area (Å²) < 4.78 is 16.6. The monoisotopic (exact) mass is 494 g/mol. The molecule has 0 aliphatic carbocycles. The van der Waals surface area contributed by atoms with Crippen LogP contribution in [-0.2, 0) is 4.79 Å². The van der Waals surface area contributed by atoms with Crippen LogP contribution in [0.15, 0.2) is 71.8 Å². The minimum absolute atomic E-state index is 0.165. The van der Waals surface area contributed by atoms with Crippen LogP contribution < -0.4 is 19.6 Å². The van der Waals surface area contributed by atoms with Gasteiger partial charge in [0.2, 0.25) is 0 Å². The lowest BCUT2D eigenvalue weighted by Crippen LogP contribution is -2.24. The van der Waals surface area contributed by atoms with Crippen LogP contribution in [-0.4, -0.2) is 31.3 Å². The summed E-state index contributed by atoms with van der Waals surface area (Å²) in [5.41, 5.74) is 4.63. The second-order valence-corrected chi connectivity index (χ2v) is 8.28. The molecule has 0 atom stereocenters. The fourth-order valence-corrected chi connectivity index (χ4v) is 3.14. The Bertz CT molecular complexity index is 1180. The Morgan fingerprint density at radius 2 is 1.69 bits per heavy atom. The smallest absolute Gasteiger partial charge is 0.343 e. The summed E-state index contributed by atoms with van der Waals surface area (Å²) in [7, 11) is 0. The highest BCUT2D eigenvalue weighted by molar-refractivity contribution is 6.30. The lowest BCUT2D eigenvalue weighted by atomic mass is 10.0. The molecule has 3 aromatic carbocycles. The van der Waals surface area contributed by atoms with Gasteiger partial charge in [0.05, 0.1) is 18.4 Å². The van der Waals surface area contributed by atoms with Crippen molar-refractivity contribution in [2.45, 2.75) is 26.7 Å². The van der Waals surface area contributed by atoms with Crippen LogP contribution in [0.25, 0.3) is 0 Å². The molecule has 0 aliphatic heterocycles. The molecular formula is C27H27ClN2O5. The zero-order valence-corrected chi connectivity index (χ0v) is 20.5. The predicted octanol–water partition coefficient (Wildman–Crippen LogP) is 5.61. The molecule has 1 amide bonds. The molecule has 182 valence electrons. The molecule has 0 aliphatic rings. The Hall–Kier alpha value is -3.84. The quantitative estimate of drug-likeness (QED) is 0.171. The third-order valence-corrected chi connectivity index (χ3v) is 5.12. The number of nitrogens with one attached hydrogen (secondary N) is 1. The molecule has 8 heteroatoms. The van der Waals surface area contributed by atoms with Crippen molar-refractivity contribution in [3.63, 3.8) is 0 Å². The fraction of sp³-hybridized carbons (Fsp3) is 0.222. The second kappa shape index (κ2) is 12.6. The van der Waals surface area contributed by atoms with E-state index in [-0.39, 0.29) is 12.4 Å². The fourth-order valence-electron chi connectivity index (χ4n) is 3.01. The maximum atomic E-state index is 12.4. The summed E-state index contributed by atoms with van der Waals surface area (Å²) in [5, 5.41) is 4.49. The largest absolute Gasteiger partial charge is 0.490 e. The molecule has 35 heavy (non-hydrogen) atoms. The number of halogens is 1. The first-order valence-corrected chi connectivity index (χ1v) is 11.5. The highest BCUT2D eigenvalue weighted by Gasteiger charge is 2.13. The average Bonchev–Trinajstić information content (AvgIpc) is 2.85. The van der Waals surface area contributed by atoms with Gasteiger partial charge in [-0.1, -0.05) is 37.6 Å². The summed E-state index contributed by atoms with van der Waals surface area (Å²) >= 11 is 5.86. The Morgan fingerprint density at radius 3 is 2.34 bits per heavy atom. The number of carbonyl (C=O) groups is 2. The number of amides is 1. The van der Waals surface area contributed by atoms with Crippen LogP contribution in [0.1, 0.15) is 48.2 Å². The molecule has 1 N–H and O–H groups in total. The van der Waals surface area contributed by atoms with Gasteiger partial charge in [-0.25, -0.2) is 10.2 Å². The molecule has 3 rings (SSSR count). The van der Waals surface area contributed by atoms with Crippen LogP contribution in [0, 0.1) is 0 Å². The number of benzene rings is 3. The summed E-state index contributed by atoms with van der Waals surface area (Å²) in [5.74, 6) is 0.749. The van der Waals surface area contributed by atoms with E-state index in [1.807, 2.05) is 31.2 Å². The summed E-state index contributed by atoms with van der Waals surface area (Å²) in [4.78, 5) is 24.5. The molecule has 0 saturated heterocycles. The Labute approximate surface area is 209 Å². The molecule has 0 fully saturated rings. The van der Waals surface area contributed by atoms with Crippen molar-refractivity contribution in [1.82, 2.24) is 5.43 Å². The van der Waals surface area contributed by atoms with E-state index in [9.17, 15) is 9.59 Å². The molecule has 0 saturated carbocycles. The van der Waals surface area contributed by atoms with Gasteiger partial charge < -0.3 is 14.2 Å². The van der Waals surface area contributed by atoms with Crippen molar-refractivity contribution in [3.8, 4) is 17.2 Å². The SMILES string of the molecule is CCOc1cc(/C=N/NC(=O)COc2ccc(C(C)C)cc2)ccc1OC(=O)c1ccc(Cl)cc1. The van der Waals surface area contributed by atoms with Gasteiger partial charge in [0.25, 0.3) is 5.91 Å². The van der Waals surface area contributed by atoms with Gasteiger partial charge in [-0.3, -0.25) is 4.79 Å². The molecule has 0 heterocycles. The average molecular weight is 495 g/mol. The van der Waals surface area contributed by atoms with Gasteiger partial charge in [0.1, 0.15) is 5.75 Å². The molecule has 0 unspecified atom stereocenters. The van der Waals surface area contributed by atoms with Crippen LogP contribution in [0.2, 0.25) is 5.02 Å². The number of carbonyl (C=O) groups excluding carboxylic acids is 2. The molecule has 3 aromatic rings. The number of rotatable bonds is 10. The van der Waals surface area contributed by atoms with E-state index in [2.05, 4.69) is 24.4 Å². The van der Waals surface area contributed by atoms with Crippen molar-refractivity contribution < 1.29 is 23.8 Å². The maximum Gasteiger partial charge on any atom is 0.343 e. The van der Waals surface area contributed by atoms with Crippen LogP contribution in [0.3, 0.4) is 0 Å².